The molecule has 1 unspecified atom stereocenters. The molecule has 3 rings (SSSR count). The number of nitrogens with zero attached hydrogens (tertiary/aromatic N) is 2. The molecule has 0 saturated carbocycles. The highest BCUT2D eigenvalue weighted by molar-refractivity contribution is 7.89. The minimum Gasteiger partial charge on any atom is -0.309 e. The van der Waals surface area contributed by atoms with Crippen LogP contribution in [0.2, 0.25) is 5.02 Å². The topological polar surface area (TPSA) is 64.0 Å². The van der Waals surface area contributed by atoms with E-state index in [4.69, 9.17) is 46.4 Å². The summed E-state index contributed by atoms with van der Waals surface area (Å²) in [6, 6.07) is 12.8. The molecule has 25 heavy (non-hydrogen) atoms. The maximum atomic E-state index is 12.7. The largest absolute Gasteiger partial charge is 0.309 e. The fourth-order valence-corrected chi connectivity index (χ4v) is 4.31. The Morgan fingerprint density at radius 3 is 2.32 bits per heavy atom. The molecule has 132 valence electrons. The number of para-hydroxylation sites is 2. The molecule has 1 heterocycles. The molecular weight excluding hydrogens is 428 g/mol. The van der Waals surface area contributed by atoms with E-state index in [1.54, 1.807) is 18.2 Å². The Hall–Kier alpha value is -1.02. The number of benzene rings is 2. The monoisotopic (exact) mass is 437 g/mol. The Bertz CT molecular complexity index is 998. The molecule has 0 amide bonds. The third-order valence-corrected chi connectivity index (χ3v) is 5.76. The van der Waals surface area contributed by atoms with E-state index in [0.29, 0.717) is 16.1 Å². The van der Waals surface area contributed by atoms with Crippen LogP contribution in [0, 0.1) is 0 Å². The van der Waals surface area contributed by atoms with E-state index >= 15 is 0 Å². The van der Waals surface area contributed by atoms with Gasteiger partial charge in [0.2, 0.25) is 13.8 Å². The lowest BCUT2D eigenvalue weighted by Gasteiger charge is -2.27. The van der Waals surface area contributed by atoms with Gasteiger partial charge in [-0.2, -0.15) is 4.72 Å². The number of hydrogen-bond donors (Lipinski definition) is 1. The van der Waals surface area contributed by atoms with Gasteiger partial charge >= 0.3 is 0 Å². The normalized spacial score (nSPS) is 13.9. The zero-order valence-electron chi connectivity index (χ0n) is 12.4. The van der Waals surface area contributed by atoms with Crippen LogP contribution in [-0.4, -0.2) is 21.8 Å². The summed E-state index contributed by atoms with van der Waals surface area (Å²) in [7, 11) is -3.96. The van der Waals surface area contributed by atoms with E-state index in [1.165, 1.54) is 35.2 Å². The van der Waals surface area contributed by atoms with Crippen LogP contribution in [-0.2, 0) is 10.0 Å². The summed E-state index contributed by atoms with van der Waals surface area (Å²) < 4.78 is 27.3. The number of aromatic nitrogens is 2. The number of nitrogens with one attached hydrogen (secondary N) is 1. The van der Waals surface area contributed by atoms with Crippen LogP contribution in [0.3, 0.4) is 0 Å². The summed E-state index contributed by atoms with van der Waals surface area (Å²) in [6.07, 6.45) is 0.215. The van der Waals surface area contributed by atoms with Gasteiger partial charge in [-0.1, -0.05) is 58.5 Å². The van der Waals surface area contributed by atoms with Gasteiger partial charge in [0.05, 0.1) is 22.3 Å². The first-order valence-electron chi connectivity index (χ1n) is 6.95. The van der Waals surface area contributed by atoms with Gasteiger partial charge in [0.1, 0.15) is 6.17 Å². The molecule has 0 radical (unpaired) electrons. The summed E-state index contributed by atoms with van der Waals surface area (Å²) in [5.41, 5.74) is 1.27. The van der Waals surface area contributed by atoms with Crippen LogP contribution in [0.5, 0.6) is 0 Å². The van der Waals surface area contributed by atoms with E-state index in [0.717, 1.165) is 0 Å². The van der Waals surface area contributed by atoms with Crippen molar-refractivity contribution >= 4 is 67.5 Å². The molecule has 0 saturated heterocycles. The highest BCUT2D eigenvalue weighted by Gasteiger charge is 2.38. The third-order valence-electron chi connectivity index (χ3n) is 3.46. The van der Waals surface area contributed by atoms with Gasteiger partial charge in [-0.25, -0.2) is 13.4 Å². The lowest BCUT2D eigenvalue weighted by Crippen LogP contribution is -2.40. The SMILES string of the molecule is O=S(=O)(NC(n1cnc2ccccc21)C(Cl)(Cl)Cl)c1ccc(Cl)cc1. The molecule has 0 fully saturated rings. The molecule has 0 aliphatic heterocycles. The Balaban J connectivity index is 2.04. The number of fused-ring (bicyclic) bond motifs is 1. The molecule has 0 bridgehead atoms. The Labute approximate surface area is 164 Å². The zero-order chi connectivity index (χ0) is 18.2. The summed E-state index contributed by atoms with van der Waals surface area (Å²) in [5, 5.41) is 0.414. The molecule has 0 aliphatic rings. The van der Waals surface area contributed by atoms with Gasteiger partial charge in [0, 0.05) is 5.02 Å². The van der Waals surface area contributed by atoms with Gasteiger partial charge in [0.25, 0.3) is 0 Å². The number of halogens is 4. The standard InChI is InChI=1S/C15H11Cl4N3O2S/c16-10-5-7-11(8-6-10)25(23,24)21-14(15(17,18)19)22-9-20-12-3-1-2-4-13(12)22/h1-9,14,21H. The van der Waals surface area contributed by atoms with Crippen molar-refractivity contribution in [3.8, 4) is 0 Å². The molecular formula is C15H11Cl4N3O2S. The fourth-order valence-electron chi connectivity index (χ4n) is 2.29. The van der Waals surface area contributed by atoms with E-state index in [2.05, 4.69) is 9.71 Å². The molecule has 3 aromatic rings. The van der Waals surface area contributed by atoms with Gasteiger partial charge in [-0.3, -0.25) is 0 Å². The second-order valence-corrected chi connectivity index (χ2v) is 9.68. The Morgan fingerprint density at radius 2 is 1.68 bits per heavy atom. The van der Waals surface area contributed by atoms with Crippen molar-refractivity contribution in [2.75, 3.05) is 0 Å². The smallest absolute Gasteiger partial charge is 0.242 e. The molecule has 1 aromatic heterocycles. The van der Waals surface area contributed by atoms with Crippen LogP contribution >= 0.6 is 46.4 Å². The Morgan fingerprint density at radius 1 is 1.04 bits per heavy atom. The summed E-state index contributed by atoms with van der Waals surface area (Å²) in [4.78, 5) is 4.20. The average Bonchev–Trinajstić information content (AvgIpc) is 2.96. The molecule has 0 aliphatic carbocycles. The van der Waals surface area contributed by atoms with Crippen molar-refractivity contribution in [2.45, 2.75) is 14.9 Å². The first kappa shape index (κ1) is 18.8. The number of sulfonamides is 1. The lowest BCUT2D eigenvalue weighted by atomic mass is 10.3. The van der Waals surface area contributed by atoms with E-state index in [9.17, 15) is 8.42 Å². The first-order valence-corrected chi connectivity index (χ1v) is 9.94. The van der Waals surface area contributed by atoms with Crippen molar-refractivity contribution in [3.05, 3.63) is 59.9 Å². The fraction of sp³-hybridized carbons (Fsp3) is 0.133. The predicted octanol–water partition coefficient (Wildman–Crippen LogP) is 4.54. The van der Waals surface area contributed by atoms with Crippen LogP contribution in [0.15, 0.2) is 59.8 Å². The maximum absolute atomic E-state index is 12.7. The second kappa shape index (κ2) is 6.95. The summed E-state index contributed by atoms with van der Waals surface area (Å²) in [5.74, 6) is 0. The van der Waals surface area contributed by atoms with Crippen molar-refractivity contribution in [2.24, 2.45) is 0 Å². The van der Waals surface area contributed by atoms with Gasteiger partial charge in [-0.05, 0) is 36.4 Å². The quantitative estimate of drug-likeness (QED) is 0.608. The van der Waals surface area contributed by atoms with E-state index in [-0.39, 0.29) is 4.90 Å². The number of rotatable bonds is 4. The molecule has 10 heteroatoms. The summed E-state index contributed by atoms with van der Waals surface area (Å²) in [6.45, 7) is 0. The molecule has 1 N–H and O–H groups in total. The van der Waals surface area contributed by atoms with Crippen LogP contribution in [0.1, 0.15) is 6.17 Å². The Kier molecular flexibility index (Phi) is 5.21. The number of imidazole rings is 1. The van der Waals surface area contributed by atoms with Gasteiger partial charge in [0.15, 0.2) is 0 Å². The first-order chi connectivity index (χ1) is 11.7. The second-order valence-electron chi connectivity index (χ2n) is 5.16. The van der Waals surface area contributed by atoms with Crippen molar-refractivity contribution in [1.29, 1.82) is 0 Å². The van der Waals surface area contributed by atoms with Crippen LogP contribution in [0.25, 0.3) is 11.0 Å². The van der Waals surface area contributed by atoms with Crippen molar-refractivity contribution < 1.29 is 8.42 Å². The predicted molar refractivity (Wildman–Crippen MR) is 101 cm³/mol. The average molecular weight is 439 g/mol. The number of alkyl halides is 3. The van der Waals surface area contributed by atoms with Crippen LogP contribution < -0.4 is 4.72 Å². The molecule has 0 spiro atoms. The van der Waals surface area contributed by atoms with Crippen molar-refractivity contribution in [1.82, 2.24) is 14.3 Å². The maximum Gasteiger partial charge on any atom is 0.242 e. The van der Waals surface area contributed by atoms with Crippen LogP contribution in [0.4, 0.5) is 0 Å². The highest BCUT2D eigenvalue weighted by Crippen LogP contribution is 2.39. The third kappa shape index (κ3) is 4.05. The van der Waals surface area contributed by atoms with E-state index < -0.39 is 20.0 Å². The van der Waals surface area contributed by atoms with Gasteiger partial charge < -0.3 is 4.57 Å². The number of hydrogen-bond acceptors (Lipinski definition) is 3. The molecule has 2 aromatic carbocycles. The highest BCUT2D eigenvalue weighted by atomic mass is 35.6. The minimum absolute atomic E-state index is 0.000529. The summed E-state index contributed by atoms with van der Waals surface area (Å²) >= 11 is 23.9. The lowest BCUT2D eigenvalue weighted by molar-refractivity contribution is 0.476. The molecule has 1 atom stereocenters. The minimum atomic E-state index is -3.96. The van der Waals surface area contributed by atoms with Gasteiger partial charge in [-0.15, -0.1) is 0 Å². The zero-order valence-corrected chi connectivity index (χ0v) is 16.2. The van der Waals surface area contributed by atoms with E-state index in [1.807, 2.05) is 6.07 Å². The molecule has 5 nitrogen and oxygen atoms in total. The van der Waals surface area contributed by atoms with Crippen molar-refractivity contribution in [3.63, 3.8) is 0 Å².